The standard InChI is InChI=1S/C13H14N2O3/c16-7-15-6-11-9(5-12(15)13(17)18)8-3-1-2-4-10(8)14-11/h1-4,12,14,16H,5-7H2,(H,17,18). The molecule has 2 heterocycles. The van der Waals surface area contributed by atoms with Gasteiger partial charge in [0.05, 0.1) is 6.73 Å². The van der Waals surface area contributed by atoms with Crippen LogP contribution in [0.2, 0.25) is 0 Å². The second-order valence-corrected chi connectivity index (χ2v) is 4.57. The maximum atomic E-state index is 11.2. The fraction of sp³-hybridized carbons (Fsp3) is 0.308. The molecule has 3 N–H and O–H groups in total. The third-order valence-electron chi connectivity index (χ3n) is 3.57. The van der Waals surface area contributed by atoms with Gasteiger partial charge in [-0.25, -0.2) is 0 Å². The number of carboxylic acid groups (broad SMARTS) is 1. The highest BCUT2D eigenvalue weighted by molar-refractivity contribution is 5.86. The molecule has 0 aliphatic carbocycles. The molecule has 3 rings (SSSR count). The molecule has 5 heteroatoms. The van der Waals surface area contributed by atoms with Gasteiger partial charge in [0.15, 0.2) is 0 Å². The molecule has 1 unspecified atom stereocenters. The van der Waals surface area contributed by atoms with Gasteiger partial charge in [0.1, 0.15) is 6.04 Å². The molecule has 0 fully saturated rings. The van der Waals surface area contributed by atoms with Gasteiger partial charge in [-0.05, 0) is 11.6 Å². The maximum absolute atomic E-state index is 11.2. The van der Waals surface area contributed by atoms with E-state index in [-0.39, 0.29) is 6.73 Å². The van der Waals surface area contributed by atoms with Gasteiger partial charge in [0, 0.05) is 29.6 Å². The third-order valence-corrected chi connectivity index (χ3v) is 3.57. The van der Waals surface area contributed by atoms with Crippen molar-refractivity contribution in [1.82, 2.24) is 9.88 Å². The molecule has 0 saturated heterocycles. The van der Waals surface area contributed by atoms with Crippen molar-refractivity contribution in [1.29, 1.82) is 0 Å². The van der Waals surface area contributed by atoms with Crippen LogP contribution in [-0.4, -0.2) is 38.8 Å². The molecule has 94 valence electrons. The Morgan fingerprint density at radius 1 is 1.44 bits per heavy atom. The van der Waals surface area contributed by atoms with Crippen LogP contribution < -0.4 is 0 Å². The van der Waals surface area contributed by atoms with E-state index in [4.69, 9.17) is 0 Å². The summed E-state index contributed by atoms with van der Waals surface area (Å²) in [4.78, 5) is 16.1. The van der Waals surface area contributed by atoms with E-state index in [9.17, 15) is 15.0 Å². The van der Waals surface area contributed by atoms with Gasteiger partial charge in [0.25, 0.3) is 0 Å². The molecule has 1 aliphatic rings. The van der Waals surface area contributed by atoms with Gasteiger partial charge in [-0.15, -0.1) is 0 Å². The van der Waals surface area contributed by atoms with Crippen molar-refractivity contribution in [3.05, 3.63) is 35.5 Å². The Labute approximate surface area is 104 Å². The largest absolute Gasteiger partial charge is 0.480 e. The summed E-state index contributed by atoms with van der Waals surface area (Å²) in [5.74, 6) is -0.889. The number of benzene rings is 1. The van der Waals surface area contributed by atoms with Crippen LogP contribution in [0.1, 0.15) is 11.3 Å². The minimum Gasteiger partial charge on any atom is -0.480 e. The van der Waals surface area contributed by atoms with E-state index in [1.807, 2.05) is 24.3 Å². The lowest BCUT2D eigenvalue weighted by atomic mass is 9.97. The number of aliphatic hydroxyl groups is 1. The predicted molar refractivity (Wildman–Crippen MR) is 66.1 cm³/mol. The maximum Gasteiger partial charge on any atom is 0.321 e. The zero-order chi connectivity index (χ0) is 12.7. The van der Waals surface area contributed by atoms with Gasteiger partial charge >= 0.3 is 5.97 Å². The van der Waals surface area contributed by atoms with Crippen LogP contribution in [0.5, 0.6) is 0 Å². The Morgan fingerprint density at radius 3 is 2.94 bits per heavy atom. The normalized spacial score (nSPS) is 19.9. The Bertz CT molecular complexity index is 605. The SMILES string of the molecule is O=C(O)C1Cc2c([nH]c3ccccc23)CN1CO. The Kier molecular flexibility index (Phi) is 2.57. The monoisotopic (exact) mass is 246 g/mol. The van der Waals surface area contributed by atoms with Crippen molar-refractivity contribution >= 4 is 16.9 Å². The van der Waals surface area contributed by atoms with Gasteiger partial charge in [-0.2, -0.15) is 0 Å². The molecule has 0 amide bonds. The molecule has 2 aromatic rings. The average molecular weight is 246 g/mol. The lowest BCUT2D eigenvalue weighted by molar-refractivity contribution is -0.145. The summed E-state index contributed by atoms with van der Waals surface area (Å²) in [5, 5.41) is 19.6. The van der Waals surface area contributed by atoms with Crippen LogP contribution in [0.15, 0.2) is 24.3 Å². The van der Waals surface area contributed by atoms with Gasteiger partial charge in [-0.3, -0.25) is 9.69 Å². The van der Waals surface area contributed by atoms with E-state index < -0.39 is 12.0 Å². The fourth-order valence-electron chi connectivity index (χ4n) is 2.65. The molecule has 0 radical (unpaired) electrons. The number of rotatable bonds is 2. The number of nitrogens with one attached hydrogen (secondary N) is 1. The number of H-pyrrole nitrogens is 1. The summed E-state index contributed by atoms with van der Waals surface area (Å²) in [6.45, 7) is 0.198. The first-order valence-electron chi connectivity index (χ1n) is 5.87. The van der Waals surface area contributed by atoms with E-state index >= 15 is 0 Å². The predicted octanol–water partition coefficient (Wildman–Crippen LogP) is 0.929. The summed E-state index contributed by atoms with van der Waals surface area (Å²) < 4.78 is 0. The molecular formula is C13H14N2O3. The number of carbonyl (C=O) groups is 1. The van der Waals surface area contributed by atoms with Crippen molar-refractivity contribution in [3.63, 3.8) is 0 Å². The summed E-state index contributed by atoms with van der Waals surface area (Å²) in [6, 6.07) is 7.22. The molecule has 18 heavy (non-hydrogen) atoms. The molecule has 0 bridgehead atoms. The van der Waals surface area contributed by atoms with Crippen molar-refractivity contribution < 1.29 is 15.0 Å². The zero-order valence-electron chi connectivity index (χ0n) is 9.76. The van der Waals surface area contributed by atoms with Crippen LogP contribution in [0.3, 0.4) is 0 Å². The van der Waals surface area contributed by atoms with Crippen LogP contribution >= 0.6 is 0 Å². The van der Waals surface area contributed by atoms with Gasteiger partial charge in [-0.1, -0.05) is 18.2 Å². The second kappa shape index (κ2) is 4.12. The number of aliphatic carboxylic acids is 1. The average Bonchev–Trinajstić information content (AvgIpc) is 2.74. The summed E-state index contributed by atoms with van der Waals surface area (Å²) in [6.07, 6.45) is 0.426. The van der Waals surface area contributed by atoms with Crippen molar-refractivity contribution in [3.8, 4) is 0 Å². The van der Waals surface area contributed by atoms with E-state index in [1.54, 1.807) is 4.90 Å². The third kappa shape index (κ3) is 1.60. The first-order valence-corrected chi connectivity index (χ1v) is 5.87. The number of aliphatic hydroxyl groups excluding tert-OH is 1. The van der Waals surface area contributed by atoms with Crippen molar-refractivity contribution in [2.24, 2.45) is 0 Å². The van der Waals surface area contributed by atoms with Crippen molar-refractivity contribution in [2.45, 2.75) is 19.0 Å². The topological polar surface area (TPSA) is 76.6 Å². The highest BCUT2D eigenvalue weighted by atomic mass is 16.4. The van der Waals surface area contributed by atoms with Crippen molar-refractivity contribution in [2.75, 3.05) is 6.73 Å². The van der Waals surface area contributed by atoms with E-state index in [0.29, 0.717) is 13.0 Å². The van der Waals surface area contributed by atoms with Crippen LogP contribution in [0, 0.1) is 0 Å². The lowest BCUT2D eigenvalue weighted by Gasteiger charge is -2.31. The quantitative estimate of drug-likeness (QED) is 0.736. The summed E-state index contributed by atoms with van der Waals surface area (Å²) >= 11 is 0. The Morgan fingerprint density at radius 2 is 2.22 bits per heavy atom. The van der Waals surface area contributed by atoms with Crippen LogP contribution in [0.25, 0.3) is 10.9 Å². The number of para-hydroxylation sites is 1. The van der Waals surface area contributed by atoms with Crippen LogP contribution in [0.4, 0.5) is 0 Å². The zero-order valence-corrected chi connectivity index (χ0v) is 9.76. The molecule has 1 aromatic heterocycles. The number of aromatic nitrogens is 1. The molecule has 1 atom stereocenters. The summed E-state index contributed by atoms with van der Waals surface area (Å²) in [7, 11) is 0. The van der Waals surface area contributed by atoms with Crippen LogP contribution in [-0.2, 0) is 17.8 Å². The molecule has 0 spiro atoms. The highest BCUT2D eigenvalue weighted by Crippen LogP contribution is 2.29. The number of aromatic amines is 1. The van der Waals surface area contributed by atoms with E-state index in [1.165, 1.54) is 0 Å². The smallest absolute Gasteiger partial charge is 0.321 e. The minimum absolute atomic E-state index is 0.244. The number of hydrogen-bond donors (Lipinski definition) is 3. The molecule has 5 nitrogen and oxygen atoms in total. The van der Waals surface area contributed by atoms with Gasteiger partial charge in [0.2, 0.25) is 0 Å². The first-order chi connectivity index (χ1) is 8.70. The molecule has 1 aromatic carbocycles. The number of hydrogen-bond acceptors (Lipinski definition) is 3. The number of fused-ring (bicyclic) bond motifs is 3. The second-order valence-electron chi connectivity index (χ2n) is 4.57. The Balaban J connectivity index is 2.10. The summed E-state index contributed by atoms with van der Waals surface area (Å²) in [5.41, 5.74) is 3.08. The minimum atomic E-state index is -0.889. The highest BCUT2D eigenvalue weighted by Gasteiger charge is 2.32. The Hall–Kier alpha value is -1.85. The number of nitrogens with zero attached hydrogens (tertiary/aromatic N) is 1. The first kappa shape index (κ1) is 11.3. The molecule has 1 aliphatic heterocycles. The molecular weight excluding hydrogens is 232 g/mol. The van der Waals surface area contributed by atoms with E-state index in [2.05, 4.69) is 4.98 Å². The molecule has 0 saturated carbocycles. The van der Waals surface area contributed by atoms with E-state index in [0.717, 1.165) is 22.2 Å². The fourth-order valence-corrected chi connectivity index (χ4v) is 2.65. The lowest BCUT2D eigenvalue weighted by Crippen LogP contribution is -2.45. The van der Waals surface area contributed by atoms with Gasteiger partial charge < -0.3 is 15.2 Å². The number of carboxylic acids is 1.